The summed E-state index contributed by atoms with van der Waals surface area (Å²) >= 11 is 0. The number of carbonyl (C=O) groups is 1. The van der Waals surface area contributed by atoms with Crippen LogP contribution < -0.4 is 0 Å². The molecule has 126 valence electrons. The number of aromatic carboxylic acids is 1. The molecule has 1 atom stereocenters. The summed E-state index contributed by atoms with van der Waals surface area (Å²) in [7, 11) is 0. The topological polar surface area (TPSA) is 57.5 Å². The lowest BCUT2D eigenvalue weighted by molar-refractivity contribution is -0.247. The SMILES string of the molecule is Cc1c(C)c(C(=O)O)c2c(c1C)C(O)(C(F)(F)F)c1ccccc1-2. The number of aliphatic hydroxyl groups is 1. The minimum absolute atomic E-state index is 0.0430. The number of halogens is 3. The van der Waals surface area contributed by atoms with Crippen molar-refractivity contribution in [2.24, 2.45) is 0 Å². The van der Waals surface area contributed by atoms with Crippen LogP contribution in [0.1, 0.15) is 38.2 Å². The fraction of sp³-hybridized carbons (Fsp3) is 0.278. The second-order valence-electron chi connectivity index (χ2n) is 6.06. The van der Waals surface area contributed by atoms with Crippen molar-refractivity contribution < 1.29 is 28.2 Å². The number of carboxylic acids is 1. The van der Waals surface area contributed by atoms with E-state index in [1.807, 2.05) is 0 Å². The molecule has 0 fully saturated rings. The first kappa shape index (κ1) is 16.5. The van der Waals surface area contributed by atoms with Gasteiger partial charge in [0.1, 0.15) is 0 Å². The normalized spacial score (nSPS) is 19.1. The first-order chi connectivity index (χ1) is 11.0. The van der Waals surface area contributed by atoms with E-state index in [9.17, 15) is 28.2 Å². The summed E-state index contributed by atoms with van der Waals surface area (Å²) < 4.78 is 41.6. The van der Waals surface area contributed by atoms with E-state index in [1.54, 1.807) is 13.8 Å². The standard InChI is InChI=1S/C18H15F3O3/c1-8-9(2)13(16(22)23)14-11-6-4-5-7-12(11)17(24,18(19,20)21)15(14)10(8)3/h4-7,24H,1-3H3,(H,22,23). The van der Waals surface area contributed by atoms with Crippen molar-refractivity contribution in [3.05, 3.63) is 57.6 Å². The van der Waals surface area contributed by atoms with Crippen LogP contribution in [0.25, 0.3) is 11.1 Å². The van der Waals surface area contributed by atoms with E-state index in [-0.39, 0.29) is 33.4 Å². The zero-order valence-corrected chi connectivity index (χ0v) is 13.2. The molecule has 2 N–H and O–H groups in total. The first-order valence-corrected chi connectivity index (χ1v) is 7.30. The number of fused-ring (bicyclic) bond motifs is 3. The molecule has 2 aromatic rings. The van der Waals surface area contributed by atoms with E-state index in [1.165, 1.54) is 31.2 Å². The van der Waals surface area contributed by atoms with Crippen LogP contribution in [0.4, 0.5) is 13.2 Å². The lowest BCUT2D eigenvalue weighted by Gasteiger charge is -2.30. The fourth-order valence-corrected chi connectivity index (χ4v) is 3.59. The van der Waals surface area contributed by atoms with Gasteiger partial charge in [0, 0.05) is 16.7 Å². The van der Waals surface area contributed by atoms with Gasteiger partial charge in [-0.2, -0.15) is 13.2 Å². The molecule has 6 heteroatoms. The highest BCUT2D eigenvalue weighted by Crippen LogP contribution is 2.57. The molecular formula is C18H15F3O3. The lowest BCUT2D eigenvalue weighted by atomic mass is 9.83. The summed E-state index contributed by atoms with van der Waals surface area (Å²) in [6, 6.07) is 5.54. The summed E-state index contributed by atoms with van der Waals surface area (Å²) in [5.41, 5.74) is -2.97. The van der Waals surface area contributed by atoms with Crippen molar-refractivity contribution in [1.29, 1.82) is 0 Å². The maximum absolute atomic E-state index is 13.9. The van der Waals surface area contributed by atoms with Gasteiger partial charge in [-0.3, -0.25) is 0 Å². The largest absolute Gasteiger partial charge is 0.478 e. The molecule has 0 spiro atoms. The predicted molar refractivity (Wildman–Crippen MR) is 82.1 cm³/mol. The zero-order valence-electron chi connectivity index (χ0n) is 13.2. The smallest absolute Gasteiger partial charge is 0.425 e. The van der Waals surface area contributed by atoms with Crippen molar-refractivity contribution in [1.82, 2.24) is 0 Å². The van der Waals surface area contributed by atoms with Crippen molar-refractivity contribution in [3.8, 4) is 11.1 Å². The van der Waals surface area contributed by atoms with Gasteiger partial charge in [-0.05, 0) is 43.0 Å². The lowest BCUT2D eigenvalue weighted by Crippen LogP contribution is -2.42. The van der Waals surface area contributed by atoms with Crippen molar-refractivity contribution >= 4 is 5.97 Å². The summed E-state index contributed by atoms with van der Waals surface area (Å²) in [5.74, 6) is -1.31. The Morgan fingerprint density at radius 2 is 1.62 bits per heavy atom. The van der Waals surface area contributed by atoms with Gasteiger partial charge in [0.05, 0.1) is 5.56 Å². The van der Waals surface area contributed by atoms with Crippen molar-refractivity contribution in [3.63, 3.8) is 0 Å². The Morgan fingerprint density at radius 3 is 2.17 bits per heavy atom. The van der Waals surface area contributed by atoms with E-state index in [2.05, 4.69) is 0 Å². The second-order valence-corrected chi connectivity index (χ2v) is 6.06. The van der Waals surface area contributed by atoms with Gasteiger partial charge in [-0.1, -0.05) is 24.3 Å². The highest BCUT2D eigenvalue weighted by Gasteiger charge is 2.62. The molecule has 0 aromatic heterocycles. The average molecular weight is 336 g/mol. The second kappa shape index (κ2) is 4.83. The minimum Gasteiger partial charge on any atom is -0.478 e. The maximum atomic E-state index is 13.9. The molecule has 0 heterocycles. The minimum atomic E-state index is -4.98. The van der Waals surface area contributed by atoms with Crippen LogP contribution >= 0.6 is 0 Å². The van der Waals surface area contributed by atoms with Crippen LogP contribution in [0.15, 0.2) is 24.3 Å². The molecule has 0 saturated carbocycles. The van der Waals surface area contributed by atoms with Gasteiger partial charge in [-0.15, -0.1) is 0 Å². The number of alkyl halides is 3. The van der Waals surface area contributed by atoms with Gasteiger partial charge in [-0.25, -0.2) is 4.79 Å². The predicted octanol–water partition coefficient (Wildman–Crippen LogP) is 4.09. The molecule has 1 unspecified atom stereocenters. The number of carboxylic acid groups (broad SMARTS) is 1. The molecular weight excluding hydrogens is 321 g/mol. The maximum Gasteiger partial charge on any atom is 0.425 e. The van der Waals surface area contributed by atoms with Gasteiger partial charge < -0.3 is 10.2 Å². The third-order valence-electron chi connectivity index (χ3n) is 4.95. The van der Waals surface area contributed by atoms with Crippen molar-refractivity contribution in [2.45, 2.75) is 32.5 Å². The van der Waals surface area contributed by atoms with E-state index >= 15 is 0 Å². The molecule has 3 rings (SSSR count). The third kappa shape index (κ3) is 1.80. The molecule has 1 aliphatic rings. The zero-order chi connectivity index (χ0) is 18.0. The molecule has 0 aliphatic heterocycles. The van der Waals surface area contributed by atoms with E-state index < -0.39 is 17.7 Å². The van der Waals surface area contributed by atoms with Crippen LogP contribution in [-0.2, 0) is 5.60 Å². The van der Waals surface area contributed by atoms with E-state index in [0.717, 1.165) is 0 Å². The van der Waals surface area contributed by atoms with E-state index in [0.29, 0.717) is 11.1 Å². The Kier molecular flexibility index (Phi) is 3.32. The van der Waals surface area contributed by atoms with Crippen LogP contribution in [0.2, 0.25) is 0 Å². The van der Waals surface area contributed by atoms with Gasteiger partial charge in [0.15, 0.2) is 0 Å². The van der Waals surface area contributed by atoms with Gasteiger partial charge in [0.2, 0.25) is 5.60 Å². The number of hydrogen-bond acceptors (Lipinski definition) is 2. The van der Waals surface area contributed by atoms with Gasteiger partial charge >= 0.3 is 12.1 Å². The summed E-state index contributed by atoms with van der Waals surface area (Å²) in [4.78, 5) is 11.8. The van der Waals surface area contributed by atoms with Crippen molar-refractivity contribution in [2.75, 3.05) is 0 Å². The fourth-order valence-electron chi connectivity index (χ4n) is 3.59. The van der Waals surface area contributed by atoms with E-state index in [4.69, 9.17) is 0 Å². The molecule has 1 aliphatic carbocycles. The van der Waals surface area contributed by atoms with Crippen LogP contribution in [0.3, 0.4) is 0 Å². The molecule has 3 nitrogen and oxygen atoms in total. The summed E-state index contributed by atoms with van der Waals surface area (Å²) in [5, 5.41) is 20.3. The van der Waals surface area contributed by atoms with Crippen LogP contribution in [0.5, 0.6) is 0 Å². The molecule has 0 amide bonds. The Labute approximate surface area is 136 Å². The van der Waals surface area contributed by atoms with Crippen LogP contribution in [-0.4, -0.2) is 22.4 Å². The summed E-state index contributed by atoms with van der Waals surface area (Å²) in [6.45, 7) is 4.62. The Morgan fingerprint density at radius 1 is 1.04 bits per heavy atom. The molecule has 0 radical (unpaired) electrons. The van der Waals surface area contributed by atoms with Gasteiger partial charge in [0.25, 0.3) is 0 Å². The number of rotatable bonds is 1. The monoisotopic (exact) mass is 336 g/mol. The average Bonchev–Trinajstić information content (AvgIpc) is 2.76. The molecule has 0 bridgehead atoms. The third-order valence-corrected chi connectivity index (χ3v) is 4.95. The van der Waals surface area contributed by atoms with Crippen LogP contribution in [0, 0.1) is 20.8 Å². The Bertz CT molecular complexity index is 884. The number of benzene rings is 2. The molecule has 2 aromatic carbocycles. The highest BCUT2D eigenvalue weighted by atomic mass is 19.4. The molecule has 24 heavy (non-hydrogen) atoms. The Hall–Kier alpha value is -2.34. The number of hydrogen-bond donors (Lipinski definition) is 2. The Balaban J connectivity index is 2.61. The molecule has 0 saturated heterocycles. The summed E-state index contributed by atoms with van der Waals surface area (Å²) in [6.07, 6.45) is -4.98. The highest BCUT2D eigenvalue weighted by molar-refractivity contribution is 6.02. The quantitative estimate of drug-likeness (QED) is 0.825. The first-order valence-electron chi connectivity index (χ1n) is 7.30.